The second-order valence-electron chi connectivity index (χ2n) is 2.17. The van der Waals surface area contributed by atoms with E-state index in [2.05, 4.69) is 12.8 Å². The molecular weight excluding hydrogens is 127 g/mol. The summed E-state index contributed by atoms with van der Waals surface area (Å²) in [5, 5.41) is 8.52. The molecule has 0 aromatic rings. The summed E-state index contributed by atoms with van der Waals surface area (Å²) >= 11 is 0. The molecule has 0 aromatic heterocycles. The van der Waals surface area contributed by atoms with Crippen LogP contribution in [0, 0.1) is 12.8 Å². The van der Waals surface area contributed by atoms with Crippen LogP contribution in [0.2, 0.25) is 0 Å². The number of hydrogen-bond acceptors (Lipinski definition) is 1. The summed E-state index contributed by atoms with van der Waals surface area (Å²) in [6.45, 7) is 5.23. The first kappa shape index (κ1) is 16.1. The molecule has 0 fully saturated rings. The van der Waals surface area contributed by atoms with E-state index in [1.807, 2.05) is 0 Å². The summed E-state index contributed by atoms with van der Waals surface area (Å²) in [5.74, 6) is 0. The molecule has 0 atom stereocenters. The maximum Gasteiger partial charge on any atom is 1.00 e. The third kappa shape index (κ3) is 203. The van der Waals surface area contributed by atoms with E-state index < -0.39 is 5.60 Å². The van der Waals surface area contributed by atoms with E-state index in [9.17, 15) is 0 Å². The largest absolute Gasteiger partial charge is 1.00 e. The summed E-state index contributed by atoms with van der Waals surface area (Å²) in [7, 11) is 0. The van der Waals surface area contributed by atoms with Gasteiger partial charge in [-0.15, -0.1) is 12.8 Å². The fourth-order valence-corrected chi connectivity index (χ4v) is 0. The van der Waals surface area contributed by atoms with Crippen molar-refractivity contribution in [1.29, 1.82) is 0 Å². The van der Waals surface area contributed by atoms with Crippen LogP contribution in [0.1, 0.15) is 22.2 Å². The van der Waals surface area contributed by atoms with Crippen LogP contribution in [-0.2, 0) is 0 Å². The SMILES string of the molecule is C#C.CC(C)(C)O.[H-].[K+]. The molecule has 0 heterocycles. The minimum absolute atomic E-state index is 0. The molecule has 0 amide bonds. The van der Waals surface area contributed by atoms with E-state index in [4.69, 9.17) is 5.11 Å². The first-order chi connectivity index (χ1) is 3.00. The van der Waals surface area contributed by atoms with E-state index in [0.29, 0.717) is 0 Å². The number of terminal acetylenes is 1. The number of aliphatic hydroxyl groups is 1. The van der Waals surface area contributed by atoms with Crippen molar-refractivity contribution < 1.29 is 57.9 Å². The molecule has 0 aliphatic rings. The smallest absolute Gasteiger partial charge is 1.00 e. The van der Waals surface area contributed by atoms with Gasteiger partial charge in [0.15, 0.2) is 0 Å². The minimum atomic E-state index is -0.500. The Bertz CT molecular complexity index is 49.8. The Morgan fingerprint density at radius 3 is 1.25 bits per heavy atom. The van der Waals surface area contributed by atoms with Crippen LogP contribution in [0.5, 0.6) is 0 Å². The topological polar surface area (TPSA) is 20.2 Å². The van der Waals surface area contributed by atoms with Gasteiger partial charge >= 0.3 is 51.4 Å². The van der Waals surface area contributed by atoms with Crippen molar-refractivity contribution in [3.05, 3.63) is 0 Å². The maximum absolute atomic E-state index is 8.52. The molecular formula is C6H13KO. The van der Waals surface area contributed by atoms with E-state index in [-0.39, 0.29) is 52.8 Å². The molecule has 0 radical (unpaired) electrons. The Morgan fingerprint density at radius 2 is 1.25 bits per heavy atom. The molecule has 0 bridgehead atoms. The quantitative estimate of drug-likeness (QED) is 0.309. The number of rotatable bonds is 0. The summed E-state index contributed by atoms with van der Waals surface area (Å²) in [6.07, 6.45) is 8.00. The predicted molar refractivity (Wildman–Crippen MR) is 33.0 cm³/mol. The van der Waals surface area contributed by atoms with Crippen molar-refractivity contribution in [2.75, 3.05) is 0 Å². The van der Waals surface area contributed by atoms with Gasteiger partial charge in [0.1, 0.15) is 0 Å². The standard InChI is InChI=1S/C4H10O.C2H2.K.H/c1-4(2,3)5;1-2;;/h5H,1-3H3;1-2H;;/q;;+1;-1. The van der Waals surface area contributed by atoms with Gasteiger partial charge < -0.3 is 6.53 Å². The minimum Gasteiger partial charge on any atom is -1.00 e. The Hall–Kier alpha value is 1.16. The van der Waals surface area contributed by atoms with E-state index in [0.717, 1.165) is 0 Å². The molecule has 0 unspecified atom stereocenters. The molecule has 0 aliphatic carbocycles. The summed E-state index contributed by atoms with van der Waals surface area (Å²) in [6, 6.07) is 0. The molecule has 0 saturated heterocycles. The normalized spacial score (nSPS) is 7.75. The van der Waals surface area contributed by atoms with Crippen molar-refractivity contribution in [1.82, 2.24) is 0 Å². The van der Waals surface area contributed by atoms with Gasteiger partial charge in [-0.05, 0) is 20.8 Å². The van der Waals surface area contributed by atoms with Gasteiger partial charge in [0.05, 0.1) is 5.60 Å². The second kappa shape index (κ2) is 8.16. The van der Waals surface area contributed by atoms with Crippen LogP contribution in [0.15, 0.2) is 0 Å². The van der Waals surface area contributed by atoms with E-state index in [1.54, 1.807) is 20.8 Å². The molecule has 1 N–H and O–H groups in total. The van der Waals surface area contributed by atoms with Crippen LogP contribution in [0.4, 0.5) is 0 Å². The summed E-state index contributed by atoms with van der Waals surface area (Å²) in [4.78, 5) is 0. The van der Waals surface area contributed by atoms with Gasteiger partial charge in [0.2, 0.25) is 0 Å². The third-order valence-corrected chi connectivity index (χ3v) is 0. The van der Waals surface area contributed by atoms with Crippen molar-refractivity contribution in [2.24, 2.45) is 0 Å². The van der Waals surface area contributed by atoms with Crippen LogP contribution >= 0.6 is 0 Å². The fraction of sp³-hybridized carbons (Fsp3) is 0.667. The molecule has 0 spiro atoms. The zero-order chi connectivity index (χ0) is 6.50. The molecule has 8 heavy (non-hydrogen) atoms. The average molecular weight is 140 g/mol. The summed E-state index contributed by atoms with van der Waals surface area (Å²) < 4.78 is 0. The van der Waals surface area contributed by atoms with Crippen LogP contribution in [0.3, 0.4) is 0 Å². The molecule has 0 aliphatic heterocycles. The maximum atomic E-state index is 8.52. The molecule has 44 valence electrons. The van der Waals surface area contributed by atoms with Gasteiger partial charge in [-0.25, -0.2) is 0 Å². The molecule has 1 nitrogen and oxygen atoms in total. The van der Waals surface area contributed by atoms with Crippen LogP contribution < -0.4 is 51.4 Å². The first-order valence-electron chi connectivity index (χ1n) is 2.06. The van der Waals surface area contributed by atoms with Crippen LogP contribution in [-0.4, -0.2) is 10.7 Å². The number of hydrogen-bond donors (Lipinski definition) is 1. The Morgan fingerprint density at radius 1 is 1.25 bits per heavy atom. The fourth-order valence-electron chi connectivity index (χ4n) is 0. The monoisotopic (exact) mass is 140 g/mol. The first-order valence-corrected chi connectivity index (χ1v) is 2.06. The van der Waals surface area contributed by atoms with E-state index >= 15 is 0 Å². The Balaban J connectivity index is -0.0000000286. The molecule has 0 rings (SSSR count). The van der Waals surface area contributed by atoms with Gasteiger partial charge in [-0.3, -0.25) is 0 Å². The second-order valence-corrected chi connectivity index (χ2v) is 2.17. The molecule has 0 saturated carbocycles. The molecule has 0 aromatic carbocycles. The van der Waals surface area contributed by atoms with Gasteiger partial charge in [-0.1, -0.05) is 0 Å². The van der Waals surface area contributed by atoms with Crippen molar-refractivity contribution in [2.45, 2.75) is 26.4 Å². The van der Waals surface area contributed by atoms with Gasteiger partial charge in [-0.2, -0.15) is 0 Å². The van der Waals surface area contributed by atoms with Crippen molar-refractivity contribution in [3.8, 4) is 12.8 Å². The van der Waals surface area contributed by atoms with Crippen molar-refractivity contribution >= 4 is 0 Å². The van der Waals surface area contributed by atoms with Crippen molar-refractivity contribution in [3.63, 3.8) is 0 Å². The average Bonchev–Trinajstić information content (AvgIpc) is 1.36. The zero-order valence-corrected chi connectivity index (χ0v) is 9.23. The molecule has 2 heteroatoms. The van der Waals surface area contributed by atoms with Gasteiger partial charge in [0, 0.05) is 0 Å². The third-order valence-electron chi connectivity index (χ3n) is 0. The Labute approximate surface area is 95.8 Å². The summed E-state index contributed by atoms with van der Waals surface area (Å²) in [5.41, 5.74) is -0.500. The van der Waals surface area contributed by atoms with Crippen LogP contribution in [0.25, 0.3) is 0 Å². The zero-order valence-electron chi connectivity index (χ0n) is 7.10. The predicted octanol–water partition coefficient (Wildman–Crippen LogP) is -1.86. The van der Waals surface area contributed by atoms with Gasteiger partial charge in [0.25, 0.3) is 0 Å². The Kier molecular flexibility index (Phi) is 16.4. The van der Waals surface area contributed by atoms with E-state index in [1.165, 1.54) is 0 Å².